The van der Waals surface area contributed by atoms with Crippen LogP contribution in [0, 0.1) is 0 Å². The fourth-order valence-electron chi connectivity index (χ4n) is 3.21. The van der Waals surface area contributed by atoms with Gasteiger partial charge in [0, 0.05) is 51.9 Å². The summed E-state index contributed by atoms with van der Waals surface area (Å²) in [6, 6.07) is -0.383. The molecule has 2 N–H and O–H groups in total. The summed E-state index contributed by atoms with van der Waals surface area (Å²) in [5, 5.41) is 3.26. The molecule has 23 heavy (non-hydrogen) atoms. The van der Waals surface area contributed by atoms with Crippen LogP contribution in [-0.2, 0) is 20.7 Å². The van der Waals surface area contributed by atoms with Crippen molar-refractivity contribution < 1.29 is 14.3 Å². The Morgan fingerprint density at radius 3 is 2.91 bits per heavy atom. The summed E-state index contributed by atoms with van der Waals surface area (Å²) in [4.78, 5) is 35.8. The SMILES string of the molecule is COCC(=O)N1CCCN(C(=O)[C@@H]2NCCc3[nH]cnc32)CC1. The first-order valence-electron chi connectivity index (χ1n) is 8.01. The normalized spacial score (nSPS) is 21.7. The highest BCUT2D eigenvalue weighted by molar-refractivity contribution is 5.83. The lowest BCUT2D eigenvalue weighted by molar-refractivity contribution is -0.136. The van der Waals surface area contributed by atoms with Crippen LogP contribution in [0.1, 0.15) is 23.9 Å². The van der Waals surface area contributed by atoms with Crippen LogP contribution in [0.15, 0.2) is 6.33 Å². The molecule has 3 rings (SSSR count). The number of aromatic amines is 1. The van der Waals surface area contributed by atoms with Crippen molar-refractivity contribution >= 4 is 11.8 Å². The van der Waals surface area contributed by atoms with Crippen molar-refractivity contribution in [2.24, 2.45) is 0 Å². The molecule has 1 fully saturated rings. The van der Waals surface area contributed by atoms with Gasteiger partial charge in [-0.05, 0) is 6.42 Å². The smallest absolute Gasteiger partial charge is 0.248 e. The van der Waals surface area contributed by atoms with Gasteiger partial charge in [-0.1, -0.05) is 0 Å². The zero-order chi connectivity index (χ0) is 16.2. The number of imidazole rings is 1. The molecule has 126 valence electrons. The van der Waals surface area contributed by atoms with Crippen LogP contribution < -0.4 is 5.32 Å². The van der Waals surface area contributed by atoms with Crippen molar-refractivity contribution in [3.63, 3.8) is 0 Å². The van der Waals surface area contributed by atoms with E-state index in [-0.39, 0.29) is 24.5 Å². The summed E-state index contributed by atoms with van der Waals surface area (Å²) in [6.45, 7) is 3.28. The van der Waals surface area contributed by atoms with Gasteiger partial charge in [-0.3, -0.25) is 9.59 Å². The molecular weight excluding hydrogens is 298 g/mol. The largest absolute Gasteiger partial charge is 0.375 e. The number of hydrogen-bond acceptors (Lipinski definition) is 5. The first-order chi connectivity index (χ1) is 11.2. The number of nitrogens with zero attached hydrogens (tertiary/aromatic N) is 3. The van der Waals surface area contributed by atoms with E-state index >= 15 is 0 Å². The molecule has 1 aromatic heterocycles. The van der Waals surface area contributed by atoms with Gasteiger partial charge in [0.25, 0.3) is 0 Å². The number of rotatable bonds is 3. The quantitative estimate of drug-likeness (QED) is 0.769. The van der Waals surface area contributed by atoms with E-state index in [1.165, 1.54) is 7.11 Å². The van der Waals surface area contributed by atoms with Gasteiger partial charge in [-0.25, -0.2) is 4.98 Å². The number of nitrogens with one attached hydrogen (secondary N) is 2. The number of H-pyrrole nitrogens is 1. The number of methoxy groups -OCH3 is 1. The van der Waals surface area contributed by atoms with Gasteiger partial charge in [0.15, 0.2) is 0 Å². The molecule has 2 aliphatic heterocycles. The minimum Gasteiger partial charge on any atom is -0.375 e. The van der Waals surface area contributed by atoms with E-state index in [0.29, 0.717) is 26.2 Å². The average Bonchev–Trinajstić information content (AvgIpc) is 2.90. The topological polar surface area (TPSA) is 90.6 Å². The molecule has 8 nitrogen and oxygen atoms in total. The Morgan fingerprint density at radius 1 is 1.30 bits per heavy atom. The molecule has 1 aromatic rings. The van der Waals surface area contributed by atoms with Crippen LogP contribution in [0.2, 0.25) is 0 Å². The standard InChI is InChI=1S/C15H23N5O3/c1-23-9-12(21)19-5-2-6-20(8-7-19)15(22)14-13-11(3-4-16-14)17-10-18-13/h10,14,16H,2-9H2,1H3,(H,17,18)/t14-/m1/s1. The van der Waals surface area contributed by atoms with Crippen molar-refractivity contribution in [1.82, 2.24) is 25.1 Å². The van der Waals surface area contributed by atoms with E-state index in [4.69, 9.17) is 4.74 Å². The van der Waals surface area contributed by atoms with Gasteiger partial charge in [-0.15, -0.1) is 0 Å². The number of carbonyl (C=O) groups is 2. The molecular formula is C15H23N5O3. The second-order valence-electron chi connectivity index (χ2n) is 5.90. The van der Waals surface area contributed by atoms with E-state index in [1.54, 1.807) is 11.2 Å². The lowest BCUT2D eigenvalue weighted by Gasteiger charge is -2.28. The second-order valence-corrected chi connectivity index (χ2v) is 5.90. The average molecular weight is 321 g/mol. The summed E-state index contributed by atoms with van der Waals surface area (Å²) in [5.41, 5.74) is 1.84. The fourth-order valence-corrected chi connectivity index (χ4v) is 3.21. The van der Waals surface area contributed by atoms with Crippen LogP contribution in [0.3, 0.4) is 0 Å². The minimum absolute atomic E-state index is 0.0211. The van der Waals surface area contributed by atoms with E-state index in [9.17, 15) is 9.59 Å². The number of fused-ring (bicyclic) bond motifs is 1. The van der Waals surface area contributed by atoms with Crippen molar-refractivity contribution in [2.45, 2.75) is 18.9 Å². The van der Waals surface area contributed by atoms with Gasteiger partial charge in [0.2, 0.25) is 11.8 Å². The van der Waals surface area contributed by atoms with Crippen molar-refractivity contribution in [1.29, 1.82) is 0 Å². The Balaban J connectivity index is 1.64. The molecule has 2 amide bonds. The van der Waals surface area contributed by atoms with Crippen LogP contribution in [0.4, 0.5) is 0 Å². The lowest BCUT2D eigenvalue weighted by atomic mass is 10.0. The monoisotopic (exact) mass is 321 g/mol. The molecule has 0 spiro atoms. The third-order valence-electron chi connectivity index (χ3n) is 4.42. The zero-order valence-corrected chi connectivity index (χ0v) is 13.4. The van der Waals surface area contributed by atoms with Crippen LogP contribution in [-0.4, -0.2) is 78.0 Å². The molecule has 0 unspecified atom stereocenters. The Bertz CT molecular complexity index is 573. The molecule has 3 heterocycles. The van der Waals surface area contributed by atoms with Gasteiger partial charge in [-0.2, -0.15) is 0 Å². The Kier molecular flexibility index (Phi) is 4.92. The summed E-state index contributed by atoms with van der Waals surface area (Å²) in [7, 11) is 1.52. The highest BCUT2D eigenvalue weighted by Gasteiger charge is 2.32. The van der Waals surface area contributed by atoms with Crippen molar-refractivity contribution in [2.75, 3.05) is 46.4 Å². The fraction of sp³-hybridized carbons (Fsp3) is 0.667. The molecule has 0 radical (unpaired) electrons. The zero-order valence-electron chi connectivity index (χ0n) is 13.4. The first-order valence-corrected chi connectivity index (χ1v) is 8.01. The van der Waals surface area contributed by atoms with Gasteiger partial charge >= 0.3 is 0 Å². The lowest BCUT2D eigenvalue weighted by Crippen LogP contribution is -2.45. The molecule has 1 atom stereocenters. The molecule has 8 heteroatoms. The second kappa shape index (κ2) is 7.10. The number of carbonyl (C=O) groups excluding carboxylic acids is 2. The maximum absolute atomic E-state index is 12.9. The highest BCUT2D eigenvalue weighted by Crippen LogP contribution is 2.22. The number of ether oxygens (including phenoxy) is 1. The predicted molar refractivity (Wildman–Crippen MR) is 82.7 cm³/mol. The summed E-state index contributed by atoms with van der Waals surface area (Å²) in [5.74, 6) is 0.0197. The van der Waals surface area contributed by atoms with Crippen LogP contribution >= 0.6 is 0 Å². The van der Waals surface area contributed by atoms with Crippen LogP contribution in [0.5, 0.6) is 0 Å². The van der Waals surface area contributed by atoms with Crippen molar-refractivity contribution in [3.05, 3.63) is 17.7 Å². The molecule has 1 saturated heterocycles. The summed E-state index contributed by atoms with van der Waals surface area (Å²) >= 11 is 0. The summed E-state index contributed by atoms with van der Waals surface area (Å²) in [6.07, 6.45) is 3.28. The van der Waals surface area contributed by atoms with Crippen LogP contribution in [0.25, 0.3) is 0 Å². The Hall–Kier alpha value is -1.93. The molecule has 0 aromatic carbocycles. The van der Waals surface area contributed by atoms with Gasteiger partial charge in [0.1, 0.15) is 12.6 Å². The summed E-state index contributed by atoms with van der Waals surface area (Å²) < 4.78 is 4.90. The third kappa shape index (κ3) is 3.37. The van der Waals surface area contributed by atoms with E-state index in [1.807, 2.05) is 4.90 Å². The Labute approximate surface area is 135 Å². The molecule has 0 bridgehead atoms. The number of aromatic nitrogens is 2. The van der Waals surface area contributed by atoms with Crippen molar-refractivity contribution in [3.8, 4) is 0 Å². The van der Waals surface area contributed by atoms with Gasteiger partial charge < -0.3 is 24.8 Å². The number of amides is 2. The maximum Gasteiger partial charge on any atom is 0.248 e. The molecule has 0 aliphatic carbocycles. The number of hydrogen-bond donors (Lipinski definition) is 2. The van der Waals surface area contributed by atoms with E-state index < -0.39 is 0 Å². The minimum atomic E-state index is -0.383. The maximum atomic E-state index is 12.9. The third-order valence-corrected chi connectivity index (χ3v) is 4.42. The first kappa shape index (κ1) is 15.9. The Morgan fingerprint density at radius 2 is 2.09 bits per heavy atom. The van der Waals surface area contributed by atoms with E-state index in [0.717, 1.165) is 30.8 Å². The van der Waals surface area contributed by atoms with E-state index in [2.05, 4.69) is 15.3 Å². The van der Waals surface area contributed by atoms with Gasteiger partial charge in [0.05, 0.1) is 12.0 Å². The molecule has 2 aliphatic rings. The molecule has 0 saturated carbocycles. The predicted octanol–water partition coefficient (Wildman–Crippen LogP) is -0.696. The highest BCUT2D eigenvalue weighted by atomic mass is 16.5.